The molecule has 0 saturated heterocycles. The van der Waals surface area contributed by atoms with Gasteiger partial charge < -0.3 is 0 Å². The summed E-state index contributed by atoms with van der Waals surface area (Å²) in [5.74, 6) is 0. The highest BCUT2D eigenvalue weighted by atomic mass is 15.1. The van der Waals surface area contributed by atoms with Gasteiger partial charge >= 0.3 is 0 Å². The first-order valence-electron chi connectivity index (χ1n) is 19.5. The fraction of sp³-hybridized carbons (Fsp3) is 0. The second-order valence-electron chi connectivity index (χ2n) is 15.0. The summed E-state index contributed by atoms with van der Waals surface area (Å²) >= 11 is 0. The van der Waals surface area contributed by atoms with Crippen molar-refractivity contribution < 1.29 is 0 Å². The Balaban J connectivity index is 1.12. The first kappa shape index (κ1) is 31.7. The van der Waals surface area contributed by atoms with Crippen molar-refractivity contribution in [3.8, 4) is 44.6 Å². The van der Waals surface area contributed by atoms with Gasteiger partial charge in [-0.3, -0.25) is 4.40 Å². The molecular formula is C54H33N3. The monoisotopic (exact) mass is 723 g/mol. The number of hydrogen-bond acceptors (Lipinski definition) is 2. The zero-order chi connectivity index (χ0) is 37.5. The third-order valence-corrected chi connectivity index (χ3v) is 11.7. The Morgan fingerprint density at radius 1 is 0.316 bits per heavy atom. The van der Waals surface area contributed by atoms with E-state index in [1.807, 2.05) is 24.4 Å². The van der Waals surface area contributed by atoms with Gasteiger partial charge in [0.2, 0.25) is 0 Å². The van der Waals surface area contributed by atoms with Crippen LogP contribution in [0.2, 0.25) is 0 Å². The Bertz CT molecular complexity index is 3590. The van der Waals surface area contributed by atoms with E-state index in [4.69, 9.17) is 9.97 Å². The van der Waals surface area contributed by atoms with Gasteiger partial charge in [-0.25, -0.2) is 9.97 Å². The van der Waals surface area contributed by atoms with E-state index in [-0.39, 0.29) is 0 Å². The van der Waals surface area contributed by atoms with Crippen molar-refractivity contribution in [2.75, 3.05) is 0 Å². The molecule has 264 valence electrons. The number of aromatic nitrogens is 3. The SMILES string of the molecule is c1cc(-c2ccc3c(-c4ccc5ccccc5c4)c4ccccc4c(-c4ccc5ccccc5c4)c3c2)cc(-c2nc3c(nc4ccccn43)c3ccccc23)c1. The molecule has 0 amide bonds. The lowest BCUT2D eigenvalue weighted by Crippen LogP contribution is -1.93. The molecule has 0 aliphatic heterocycles. The van der Waals surface area contributed by atoms with Crippen LogP contribution in [-0.2, 0) is 0 Å². The largest absolute Gasteiger partial charge is 0.284 e. The fourth-order valence-electron chi connectivity index (χ4n) is 9.07. The van der Waals surface area contributed by atoms with Gasteiger partial charge in [-0.15, -0.1) is 0 Å². The topological polar surface area (TPSA) is 30.2 Å². The van der Waals surface area contributed by atoms with Gasteiger partial charge in [-0.1, -0.05) is 158 Å². The van der Waals surface area contributed by atoms with Crippen LogP contribution in [0.3, 0.4) is 0 Å². The molecule has 0 saturated carbocycles. The molecule has 0 aliphatic rings. The first-order chi connectivity index (χ1) is 28.2. The van der Waals surface area contributed by atoms with Gasteiger partial charge in [0, 0.05) is 22.5 Å². The van der Waals surface area contributed by atoms with Crippen molar-refractivity contribution >= 4 is 70.7 Å². The Hall–Kier alpha value is -7.62. The van der Waals surface area contributed by atoms with Crippen LogP contribution in [0.4, 0.5) is 0 Å². The minimum atomic E-state index is 0.864. The molecule has 12 rings (SSSR count). The number of nitrogens with zero attached hydrogens (tertiary/aromatic N) is 3. The number of fused-ring (bicyclic) bond motifs is 9. The average Bonchev–Trinajstić information content (AvgIpc) is 3.66. The highest BCUT2D eigenvalue weighted by Gasteiger charge is 2.19. The quantitative estimate of drug-likeness (QED) is 0.169. The predicted molar refractivity (Wildman–Crippen MR) is 240 cm³/mol. The molecule has 12 aromatic rings. The third-order valence-electron chi connectivity index (χ3n) is 11.7. The van der Waals surface area contributed by atoms with Crippen LogP contribution in [0.1, 0.15) is 0 Å². The fourth-order valence-corrected chi connectivity index (χ4v) is 9.07. The number of imidazole rings is 1. The summed E-state index contributed by atoms with van der Waals surface area (Å²) in [7, 11) is 0. The molecule has 0 aliphatic carbocycles. The Kier molecular flexibility index (Phi) is 6.93. The van der Waals surface area contributed by atoms with E-state index >= 15 is 0 Å². The molecule has 0 atom stereocenters. The van der Waals surface area contributed by atoms with Gasteiger partial charge in [-0.2, -0.15) is 0 Å². The van der Waals surface area contributed by atoms with Crippen LogP contribution in [0.15, 0.2) is 200 Å². The van der Waals surface area contributed by atoms with Crippen LogP contribution in [0.5, 0.6) is 0 Å². The molecule has 3 heterocycles. The third kappa shape index (κ3) is 4.99. The second-order valence-corrected chi connectivity index (χ2v) is 15.0. The molecule has 0 radical (unpaired) electrons. The van der Waals surface area contributed by atoms with E-state index in [9.17, 15) is 0 Å². The summed E-state index contributed by atoms with van der Waals surface area (Å²) in [5.41, 5.74) is 11.9. The Morgan fingerprint density at radius 2 is 0.860 bits per heavy atom. The van der Waals surface area contributed by atoms with E-state index in [1.165, 1.54) is 65.3 Å². The highest BCUT2D eigenvalue weighted by molar-refractivity contribution is 6.22. The summed E-state index contributed by atoms with van der Waals surface area (Å²) in [4.78, 5) is 10.3. The van der Waals surface area contributed by atoms with Crippen molar-refractivity contribution in [1.29, 1.82) is 0 Å². The number of pyridine rings is 2. The summed E-state index contributed by atoms with van der Waals surface area (Å²) < 4.78 is 2.09. The van der Waals surface area contributed by atoms with E-state index in [0.29, 0.717) is 0 Å². The van der Waals surface area contributed by atoms with E-state index in [1.54, 1.807) is 0 Å². The van der Waals surface area contributed by atoms with Gasteiger partial charge in [0.05, 0.1) is 5.69 Å². The van der Waals surface area contributed by atoms with Gasteiger partial charge in [0.25, 0.3) is 0 Å². The highest BCUT2D eigenvalue weighted by Crippen LogP contribution is 2.46. The number of benzene rings is 9. The summed E-state index contributed by atoms with van der Waals surface area (Å²) in [5, 5.41) is 12.1. The second kappa shape index (κ2) is 12.5. The van der Waals surface area contributed by atoms with Crippen LogP contribution in [-0.4, -0.2) is 14.4 Å². The van der Waals surface area contributed by atoms with Crippen molar-refractivity contribution in [3.63, 3.8) is 0 Å². The molecule has 3 nitrogen and oxygen atoms in total. The molecule has 3 heteroatoms. The summed E-state index contributed by atoms with van der Waals surface area (Å²) in [6.07, 6.45) is 2.05. The first-order valence-corrected chi connectivity index (χ1v) is 19.5. The van der Waals surface area contributed by atoms with E-state index < -0.39 is 0 Å². The summed E-state index contributed by atoms with van der Waals surface area (Å²) in [6.45, 7) is 0. The molecule has 9 aromatic carbocycles. The van der Waals surface area contributed by atoms with Crippen LogP contribution >= 0.6 is 0 Å². The minimum absolute atomic E-state index is 0.864. The van der Waals surface area contributed by atoms with Gasteiger partial charge in [0.15, 0.2) is 5.65 Å². The number of rotatable bonds is 4. The van der Waals surface area contributed by atoms with Crippen molar-refractivity contribution in [2.24, 2.45) is 0 Å². The molecule has 0 bridgehead atoms. The van der Waals surface area contributed by atoms with Gasteiger partial charge in [0.1, 0.15) is 11.2 Å². The molecule has 0 fully saturated rings. The zero-order valence-corrected chi connectivity index (χ0v) is 30.9. The lowest BCUT2D eigenvalue weighted by atomic mass is 9.84. The van der Waals surface area contributed by atoms with Crippen LogP contribution in [0, 0.1) is 0 Å². The Labute approximate surface area is 328 Å². The minimum Gasteiger partial charge on any atom is -0.284 e. The summed E-state index contributed by atoms with van der Waals surface area (Å²) in [6, 6.07) is 70.5. The van der Waals surface area contributed by atoms with Crippen LogP contribution in [0.25, 0.3) is 115 Å². The standard InChI is InChI=1S/C54H33N3/c1-3-14-36-30-40(25-23-34(36)12-1)50-43-18-5-6-19-44(43)51(41-26-24-35-13-2-4-15-37(35)31-41)48-33-39(27-28-45(48)50)38-16-11-17-42(32-38)52-46-20-7-8-21-47(46)53-54(56-52)57-29-10-9-22-49(57)55-53/h1-33H. The molecule has 0 spiro atoms. The lowest BCUT2D eigenvalue weighted by Gasteiger charge is -2.19. The lowest BCUT2D eigenvalue weighted by molar-refractivity contribution is 1.19. The smallest absolute Gasteiger partial charge is 0.165 e. The van der Waals surface area contributed by atoms with Crippen molar-refractivity contribution in [2.45, 2.75) is 0 Å². The van der Waals surface area contributed by atoms with E-state index in [0.717, 1.165) is 50.0 Å². The maximum Gasteiger partial charge on any atom is 0.165 e. The van der Waals surface area contributed by atoms with Gasteiger partial charge in [-0.05, 0) is 113 Å². The number of hydrogen-bond donors (Lipinski definition) is 0. The van der Waals surface area contributed by atoms with Crippen molar-refractivity contribution in [3.05, 3.63) is 200 Å². The van der Waals surface area contributed by atoms with Crippen molar-refractivity contribution in [1.82, 2.24) is 14.4 Å². The van der Waals surface area contributed by atoms with E-state index in [2.05, 4.69) is 180 Å². The zero-order valence-electron chi connectivity index (χ0n) is 30.9. The normalized spacial score (nSPS) is 11.9. The molecule has 0 unspecified atom stereocenters. The molecule has 0 N–H and O–H groups in total. The molecule has 3 aromatic heterocycles. The molecule has 57 heavy (non-hydrogen) atoms. The molecular weight excluding hydrogens is 691 g/mol. The maximum absolute atomic E-state index is 5.33. The van der Waals surface area contributed by atoms with Crippen LogP contribution < -0.4 is 0 Å². The maximum atomic E-state index is 5.33. The predicted octanol–water partition coefficient (Wildman–Crippen LogP) is 14.3. The average molecular weight is 724 g/mol. The Morgan fingerprint density at radius 3 is 1.58 bits per heavy atom.